The molecule has 0 amide bonds. The van der Waals surface area contributed by atoms with Crippen molar-refractivity contribution in [2.75, 3.05) is 26.1 Å². The molecular weight excluding hydrogens is 294 g/mol. The smallest absolute Gasteiger partial charge is 0.350 e. The van der Waals surface area contributed by atoms with E-state index in [1.807, 2.05) is 6.92 Å². The molecule has 0 aromatic carbocycles. The van der Waals surface area contributed by atoms with Gasteiger partial charge in [0.15, 0.2) is 0 Å². The highest BCUT2D eigenvalue weighted by Crippen LogP contribution is 2.44. The van der Waals surface area contributed by atoms with Crippen LogP contribution < -0.4 is 11.4 Å². The van der Waals surface area contributed by atoms with Gasteiger partial charge in [-0.25, -0.2) is 4.79 Å². The summed E-state index contributed by atoms with van der Waals surface area (Å²) in [5.41, 5.74) is 5.08. The summed E-state index contributed by atoms with van der Waals surface area (Å²) in [4.78, 5) is 15.7. The lowest BCUT2D eigenvalue weighted by Crippen LogP contribution is -2.38. The van der Waals surface area contributed by atoms with Gasteiger partial charge in [0.2, 0.25) is 0 Å². The monoisotopic (exact) mass is 315 g/mol. The van der Waals surface area contributed by atoms with Crippen LogP contribution in [-0.4, -0.2) is 52.4 Å². The van der Waals surface area contributed by atoms with Crippen LogP contribution in [0.4, 0.5) is 5.82 Å². The van der Waals surface area contributed by atoms with Crippen LogP contribution in [0, 0.1) is 0 Å². The molecule has 1 fully saturated rings. The van der Waals surface area contributed by atoms with Crippen LogP contribution in [0.15, 0.2) is 17.1 Å². The van der Waals surface area contributed by atoms with Crippen molar-refractivity contribution >= 4 is 17.6 Å². The number of aliphatic hydroxyl groups excluding tert-OH is 1. The molecule has 1 unspecified atom stereocenters. The molecule has 7 nitrogen and oxygen atoms in total. The summed E-state index contributed by atoms with van der Waals surface area (Å²) in [6, 6.07) is 1.57. The van der Waals surface area contributed by atoms with Crippen LogP contribution in [0.3, 0.4) is 0 Å². The number of nitrogens with zero attached hydrogens (tertiary/aromatic N) is 2. The third kappa shape index (κ3) is 3.57. The largest absolute Gasteiger partial charge is 0.389 e. The molecule has 3 N–H and O–H groups in total. The molecular formula is C13H21N3O4S. The van der Waals surface area contributed by atoms with Crippen molar-refractivity contribution in [3.05, 3.63) is 22.7 Å². The Morgan fingerprint density at radius 2 is 2.29 bits per heavy atom. The Labute approximate surface area is 127 Å². The molecule has 0 radical (unpaired) electrons. The Morgan fingerprint density at radius 3 is 2.90 bits per heavy atom. The SMILES string of the molecule is CC[C@H]1S[C@@H](n2ccc(N)nc2=O)C(OCCOC)[C@H]1O. The number of nitrogen functional groups attached to an aromatic ring is 1. The average Bonchev–Trinajstić information content (AvgIpc) is 2.76. The van der Waals surface area contributed by atoms with E-state index in [0.717, 1.165) is 6.42 Å². The molecule has 8 heteroatoms. The Morgan fingerprint density at radius 1 is 1.52 bits per heavy atom. The fraction of sp³-hybridized carbons (Fsp3) is 0.692. The van der Waals surface area contributed by atoms with E-state index < -0.39 is 17.9 Å². The van der Waals surface area contributed by atoms with Crippen molar-refractivity contribution in [3.63, 3.8) is 0 Å². The lowest BCUT2D eigenvalue weighted by atomic mass is 10.1. The van der Waals surface area contributed by atoms with Gasteiger partial charge >= 0.3 is 5.69 Å². The number of hydrogen-bond donors (Lipinski definition) is 2. The van der Waals surface area contributed by atoms with E-state index in [1.165, 1.54) is 16.3 Å². The Hall–Kier alpha value is -1.09. The Bertz CT molecular complexity index is 524. The van der Waals surface area contributed by atoms with Gasteiger partial charge in [-0.2, -0.15) is 4.98 Å². The number of thioether (sulfide) groups is 1. The number of aliphatic hydroxyl groups is 1. The second-order valence-corrected chi connectivity index (χ2v) is 6.20. The third-order valence-corrected chi connectivity index (χ3v) is 5.17. The van der Waals surface area contributed by atoms with E-state index in [2.05, 4.69) is 4.98 Å². The highest BCUT2D eigenvalue weighted by Gasteiger charge is 2.44. The summed E-state index contributed by atoms with van der Waals surface area (Å²) >= 11 is 1.52. The van der Waals surface area contributed by atoms with E-state index in [9.17, 15) is 9.90 Å². The highest BCUT2D eigenvalue weighted by molar-refractivity contribution is 8.00. The first kappa shape index (κ1) is 16.3. The predicted octanol–water partition coefficient (Wildman–Crippen LogP) is 0.242. The van der Waals surface area contributed by atoms with E-state index in [-0.39, 0.29) is 16.4 Å². The average molecular weight is 315 g/mol. The van der Waals surface area contributed by atoms with Gasteiger partial charge < -0.3 is 20.3 Å². The maximum Gasteiger partial charge on any atom is 0.350 e. The molecule has 1 aliphatic rings. The first-order valence-corrected chi connectivity index (χ1v) is 7.81. The minimum absolute atomic E-state index is 0.0204. The molecule has 1 aromatic rings. The normalized spacial score (nSPS) is 28.9. The number of aromatic nitrogens is 2. The van der Waals surface area contributed by atoms with Crippen LogP contribution in [0.25, 0.3) is 0 Å². The quantitative estimate of drug-likeness (QED) is 0.725. The van der Waals surface area contributed by atoms with Crippen LogP contribution in [-0.2, 0) is 9.47 Å². The molecule has 0 saturated carbocycles. The minimum atomic E-state index is -0.633. The van der Waals surface area contributed by atoms with Gasteiger partial charge in [-0.15, -0.1) is 11.8 Å². The zero-order chi connectivity index (χ0) is 15.4. The number of anilines is 1. The van der Waals surface area contributed by atoms with Crippen LogP contribution in [0.2, 0.25) is 0 Å². The molecule has 0 aliphatic carbocycles. The number of rotatable bonds is 6. The number of hydrogen-bond acceptors (Lipinski definition) is 7. The molecule has 2 rings (SSSR count). The maximum absolute atomic E-state index is 12.0. The van der Waals surface area contributed by atoms with Crippen molar-refractivity contribution in [2.45, 2.75) is 36.2 Å². The summed E-state index contributed by atoms with van der Waals surface area (Å²) < 4.78 is 12.2. The highest BCUT2D eigenvalue weighted by atomic mass is 32.2. The summed E-state index contributed by atoms with van der Waals surface area (Å²) in [5, 5.41) is 10.1. The topological polar surface area (TPSA) is 99.6 Å². The zero-order valence-corrected chi connectivity index (χ0v) is 13.0. The summed E-state index contributed by atoms with van der Waals surface area (Å²) in [6.45, 7) is 2.80. The summed E-state index contributed by atoms with van der Waals surface area (Å²) in [7, 11) is 1.59. The fourth-order valence-electron chi connectivity index (χ4n) is 2.35. The van der Waals surface area contributed by atoms with Crippen molar-refractivity contribution in [2.24, 2.45) is 0 Å². The van der Waals surface area contributed by atoms with Crippen molar-refractivity contribution < 1.29 is 14.6 Å². The van der Waals surface area contributed by atoms with E-state index >= 15 is 0 Å². The standard InChI is InChI=1S/C13H21N3O4S/c1-3-8-10(17)11(20-7-6-19-2)12(21-8)16-5-4-9(14)15-13(16)18/h4-5,8,10-12,17H,3,6-7H2,1-2H3,(H2,14,15,18)/t8-,10+,11?,12-/m1/s1. The minimum Gasteiger partial charge on any atom is -0.389 e. The predicted molar refractivity (Wildman–Crippen MR) is 81.2 cm³/mol. The molecule has 1 aliphatic heterocycles. The molecule has 4 atom stereocenters. The first-order valence-electron chi connectivity index (χ1n) is 6.87. The van der Waals surface area contributed by atoms with Crippen LogP contribution >= 0.6 is 11.8 Å². The molecule has 2 heterocycles. The molecule has 1 saturated heterocycles. The number of nitrogens with two attached hydrogens (primary N) is 1. The Kier molecular flexibility index (Phi) is 5.63. The molecule has 118 valence electrons. The summed E-state index contributed by atoms with van der Waals surface area (Å²) in [6.07, 6.45) is 1.29. The zero-order valence-electron chi connectivity index (χ0n) is 12.1. The molecule has 1 aromatic heterocycles. The number of methoxy groups -OCH3 is 1. The van der Waals surface area contributed by atoms with Gasteiger partial charge in [0, 0.05) is 18.6 Å². The molecule has 0 spiro atoms. The maximum atomic E-state index is 12.0. The van der Waals surface area contributed by atoms with Crippen LogP contribution in [0.5, 0.6) is 0 Å². The first-order chi connectivity index (χ1) is 10.1. The lowest BCUT2D eigenvalue weighted by Gasteiger charge is -2.23. The van der Waals surface area contributed by atoms with Crippen molar-refractivity contribution in [1.82, 2.24) is 9.55 Å². The van der Waals surface area contributed by atoms with Gasteiger partial charge in [0.05, 0.1) is 19.3 Å². The van der Waals surface area contributed by atoms with Gasteiger partial charge in [0.1, 0.15) is 17.3 Å². The fourth-order valence-corrected chi connectivity index (χ4v) is 3.90. The second-order valence-electron chi connectivity index (χ2n) is 4.83. The van der Waals surface area contributed by atoms with Crippen molar-refractivity contribution in [3.8, 4) is 0 Å². The van der Waals surface area contributed by atoms with Gasteiger partial charge in [-0.1, -0.05) is 6.92 Å². The van der Waals surface area contributed by atoms with Crippen molar-refractivity contribution in [1.29, 1.82) is 0 Å². The van der Waals surface area contributed by atoms with Gasteiger partial charge in [-0.05, 0) is 12.5 Å². The lowest BCUT2D eigenvalue weighted by molar-refractivity contribution is -0.0537. The molecule has 0 bridgehead atoms. The Balaban J connectivity index is 2.23. The number of ether oxygens (including phenoxy) is 2. The van der Waals surface area contributed by atoms with Gasteiger partial charge in [-0.3, -0.25) is 4.57 Å². The van der Waals surface area contributed by atoms with E-state index in [0.29, 0.717) is 13.2 Å². The van der Waals surface area contributed by atoms with E-state index in [1.54, 1.807) is 19.4 Å². The second kappa shape index (κ2) is 7.26. The van der Waals surface area contributed by atoms with Gasteiger partial charge in [0.25, 0.3) is 0 Å². The van der Waals surface area contributed by atoms with E-state index in [4.69, 9.17) is 15.2 Å². The van der Waals surface area contributed by atoms with Crippen LogP contribution in [0.1, 0.15) is 18.7 Å². The molecule has 21 heavy (non-hydrogen) atoms. The third-order valence-electron chi connectivity index (χ3n) is 3.44. The summed E-state index contributed by atoms with van der Waals surface area (Å²) in [5.74, 6) is 0.184.